The van der Waals surface area contributed by atoms with Gasteiger partial charge in [-0.3, -0.25) is 4.79 Å². The Morgan fingerprint density at radius 2 is 1.76 bits per heavy atom. The van der Waals surface area contributed by atoms with Crippen LogP contribution in [0.3, 0.4) is 0 Å². The average molecular weight is 405 g/mol. The standard InChI is InChI=1S/C20H19N7OS/c1-13-6-7-16(23-12-13)25-18-9-8-17(26-27-18)21-10-11-22-19(28)20-24-14-4-2-3-5-15(14)29-20/h2-9,12H,10-11H2,1H3,(H,21,26)(H,22,28)(H,23,25,27). The molecule has 3 heterocycles. The summed E-state index contributed by atoms with van der Waals surface area (Å²) in [6.45, 7) is 2.96. The SMILES string of the molecule is Cc1ccc(Nc2ccc(NCCNC(=O)c3nc4ccccc4s3)nn2)nc1. The third-order valence-corrected chi connectivity index (χ3v) is 5.07. The molecule has 1 amide bonds. The van der Waals surface area contributed by atoms with Crippen LogP contribution >= 0.6 is 11.3 Å². The van der Waals surface area contributed by atoms with Crippen molar-refractivity contribution in [2.45, 2.75) is 6.92 Å². The molecule has 4 aromatic rings. The third-order valence-electron chi connectivity index (χ3n) is 4.04. The summed E-state index contributed by atoms with van der Waals surface area (Å²) >= 11 is 1.38. The number of hydrogen-bond donors (Lipinski definition) is 3. The van der Waals surface area contributed by atoms with Gasteiger partial charge in [0.05, 0.1) is 10.2 Å². The number of rotatable bonds is 7. The van der Waals surface area contributed by atoms with Crippen molar-refractivity contribution in [2.75, 3.05) is 23.7 Å². The summed E-state index contributed by atoms with van der Waals surface area (Å²) in [5.74, 6) is 1.77. The average Bonchev–Trinajstić information content (AvgIpc) is 3.18. The minimum Gasteiger partial charge on any atom is -0.367 e. The number of benzene rings is 1. The maximum absolute atomic E-state index is 12.2. The Kier molecular flexibility index (Phi) is 5.57. The summed E-state index contributed by atoms with van der Waals surface area (Å²) < 4.78 is 1.00. The van der Waals surface area contributed by atoms with Crippen LogP contribution in [-0.2, 0) is 0 Å². The number of thiazole rings is 1. The number of nitrogens with zero attached hydrogens (tertiary/aromatic N) is 4. The molecule has 0 bridgehead atoms. The minimum absolute atomic E-state index is 0.177. The monoisotopic (exact) mass is 405 g/mol. The zero-order valence-corrected chi connectivity index (χ0v) is 16.5. The Morgan fingerprint density at radius 3 is 2.52 bits per heavy atom. The first-order chi connectivity index (χ1) is 14.2. The molecule has 1 aromatic carbocycles. The number of para-hydroxylation sites is 1. The molecule has 4 rings (SSSR count). The predicted molar refractivity (Wildman–Crippen MR) is 115 cm³/mol. The van der Waals surface area contributed by atoms with Gasteiger partial charge in [0.2, 0.25) is 0 Å². The molecule has 0 aliphatic rings. The van der Waals surface area contributed by atoms with Gasteiger partial charge in [-0.15, -0.1) is 21.5 Å². The number of aromatic nitrogens is 4. The number of pyridine rings is 1. The van der Waals surface area contributed by atoms with Gasteiger partial charge < -0.3 is 16.0 Å². The smallest absolute Gasteiger partial charge is 0.280 e. The molecule has 0 atom stereocenters. The van der Waals surface area contributed by atoms with Gasteiger partial charge in [0.25, 0.3) is 5.91 Å². The molecule has 0 fully saturated rings. The van der Waals surface area contributed by atoms with Crippen LogP contribution in [0.2, 0.25) is 0 Å². The summed E-state index contributed by atoms with van der Waals surface area (Å²) in [6, 6.07) is 15.2. The van der Waals surface area contributed by atoms with Gasteiger partial charge in [0.15, 0.2) is 10.8 Å². The van der Waals surface area contributed by atoms with Gasteiger partial charge in [0, 0.05) is 19.3 Å². The van der Waals surface area contributed by atoms with Crippen LogP contribution in [0.4, 0.5) is 17.5 Å². The Balaban J connectivity index is 1.24. The van der Waals surface area contributed by atoms with Crippen molar-refractivity contribution in [1.29, 1.82) is 0 Å². The van der Waals surface area contributed by atoms with Gasteiger partial charge in [-0.2, -0.15) is 0 Å². The molecule has 0 aliphatic carbocycles. The Bertz CT molecular complexity index is 1080. The van der Waals surface area contributed by atoms with E-state index in [-0.39, 0.29) is 5.91 Å². The van der Waals surface area contributed by atoms with E-state index in [4.69, 9.17) is 0 Å². The van der Waals surface area contributed by atoms with E-state index < -0.39 is 0 Å². The summed E-state index contributed by atoms with van der Waals surface area (Å²) in [7, 11) is 0. The van der Waals surface area contributed by atoms with Gasteiger partial charge in [-0.1, -0.05) is 18.2 Å². The van der Waals surface area contributed by atoms with Crippen molar-refractivity contribution in [3.63, 3.8) is 0 Å². The lowest BCUT2D eigenvalue weighted by Gasteiger charge is -2.07. The quantitative estimate of drug-likeness (QED) is 0.405. The molecule has 0 unspecified atom stereocenters. The van der Waals surface area contributed by atoms with E-state index in [1.54, 1.807) is 6.20 Å². The van der Waals surface area contributed by atoms with Crippen molar-refractivity contribution < 1.29 is 4.79 Å². The molecule has 0 saturated heterocycles. The van der Waals surface area contributed by atoms with Crippen molar-refractivity contribution >= 4 is 44.9 Å². The maximum atomic E-state index is 12.2. The van der Waals surface area contributed by atoms with Crippen LogP contribution in [0.5, 0.6) is 0 Å². The number of nitrogens with one attached hydrogen (secondary N) is 3. The van der Waals surface area contributed by atoms with Crippen molar-refractivity contribution in [1.82, 2.24) is 25.5 Å². The first-order valence-electron chi connectivity index (χ1n) is 9.08. The summed E-state index contributed by atoms with van der Waals surface area (Å²) in [4.78, 5) is 20.9. The number of carbonyl (C=O) groups is 1. The molecule has 9 heteroatoms. The van der Waals surface area contributed by atoms with Crippen LogP contribution in [0.25, 0.3) is 10.2 Å². The van der Waals surface area contributed by atoms with E-state index >= 15 is 0 Å². The second-order valence-corrected chi connectivity index (χ2v) is 7.35. The number of carbonyl (C=O) groups excluding carboxylic acids is 1. The predicted octanol–water partition coefficient (Wildman–Crippen LogP) is 3.38. The molecule has 0 radical (unpaired) electrons. The van der Waals surface area contributed by atoms with E-state index in [2.05, 4.69) is 36.1 Å². The van der Waals surface area contributed by atoms with Crippen LogP contribution in [0.15, 0.2) is 54.7 Å². The fourth-order valence-corrected chi connectivity index (χ4v) is 3.46. The van der Waals surface area contributed by atoms with E-state index in [0.29, 0.717) is 35.6 Å². The Morgan fingerprint density at radius 1 is 0.966 bits per heavy atom. The minimum atomic E-state index is -0.177. The number of amides is 1. The molecule has 0 aliphatic heterocycles. The van der Waals surface area contributed by atoms with Crippen molar-refractivity contribution in [2.24, 2.45) is 0 Å². The normalized spacial score (nSPS) is 10.7. The molecule has 146 valence electrons. The number of anilines is 3. The Hall–Kier alpha value is -3.59. The lowest BCUT2D eigenvalue weighted by molar-refractivity contribution is 0.0955. The van der Waals surface area contributed by atoms with E-state index in [0.717, 1.165) is 15.8 Å². The largest absolute Gasteiger partial charge is 0.367 e. The fraction of sp³-hybridized carbons (Fsp3) is 0.150. The first kappa shape index (κ1) is 18.8. The first-order valence-corrected chi connectivity index (χ1v) is 9.90. The molecule has 29 heavy (non-hydrogen) atoms. The van der Waals surface area contributed by atoms with Crippen molar-refractivity contribution in [3.05, 3.63) is 65.3 Å². The van der Waals surface area contributed by atoms with Gasteiger partial charge >= 0.3 is 0 Å². The van der Waals surface area contributed by atoms with Crippen molar-refractivity contribution in [3.8, 4) is 0 Å². The zero-order valence-electron chi connectivity index (χ0n) is 15.7. The maximum Gasteiger partial charge on any atom is 0.280 e. The van der Waals surface area contributed by atoms with Crippen LogP contribution in [-0.4, -0.2) is 39.2 Å². The second-order valence-electron chi connectivity index (χ2n) is 6.32. The third kappa shape index (κ3) is 4.82. The molecule has 8 nitrogen and oxygen atoms in total. The highest BCUT2D eigenvalue weighted by Crippen LogP contribution is 2.21. The summed E-state index contributed by atoms with van der Waals surface area (Å²) in [5, 5.41) is 17.8. The highest BCUT2D eigenvalue weighted by molar-refractivity contribution is 7.20. The summed E-state index contributed by atoms with van der Waals surface area (Å²) in [5.41, 5.74) is 1.93. The molecule has 0 saturated carbocycles. The van der Waals surface area contributed by atoms with E-state index in [1.165, 1.54) is 11.3 Å². The fourth-order valence-electron chi connectivity index (χ4n) is 2.58. The van der Waals surface area contributed by atoms with Crippen LogP contribution in [0.1, 0.15) is 15.4 Å². The molecule has 0 spiro atoms. The van der Waals surface area contributed by atoms with Crippen LogP contribution < -0.4 is 16.0 Å². The summed E-state index contributed by atoms with van der Waals surface area (Å²) in [6.07, 6.45) is 1.79. The molecule has 3 N–H and O–H groups in total. The highest BCUT2D eigenvalue weighted by atomic mass is 32.1. The number of aryl methyl sites for hydroxylation is 1. The number of hydrogen-bond acceptors (Lipinski definition) is 8. The number of fused-ring (bicyclic) bond motifs is 1. The van der Waals surface area contributed by atoms with Crippen LogP contribution in [0, 0.1) is 6.92 Å². The van der Waals surface area contributed by atoms with Gasteiger partial charge in [-0.05, 0) is 42.8 Å². The lowest BCUT2D eigenvalue weighted by atomic mass is 10.3. The van der Waals surface area contributed by atoms with Gasteiger partial charge in [-0.25, -0.2) is 9.97 Å². The van der Waals surface area contributed by atoms with E-state index in [9.17, 15) is 4.79 Å². The highest BCUT2D eigenvalue weighted by Gasteiger charge is 2.11. The molecular formula is C20H19N7OS. The Labute approximate surface area is 171 Å². The zero-order chi connectivity index (χ0) is 20.1. The topological polar surface area (TPSA) is 105 Å². The lowest BCUT2D eigenvalue weighted by Crippen LogP contribution is -2.28. The molecular weight excluding hydrogens is 386 g/mol. The van der Waals surface area contributed by atoms with Gasteiger partial charge in [0.1, 0.15) is 11.6 Å². The second kappa shape index (κ2) is 8.61. The molecule has 3 aromatic heterocycles. The van der Waals surface area contributed by atoms with E-state index in [1.807, 2.05) is 55.5 Å².